The molecule has 0 saturated heterocycles. The van der Waals surface area contributed by atoms with E-state index in [0.29, 0.717) is 0 Å². The van der Waals surface area contributed by atoms with Crippen molar-refractivity contribution in [2.45, 2.75) is 52.5 Å². The molecule has 0 bridgehead atoms. The van der Waals surface area contributed by atoms with Crippen LogP contribution in [0.3, 0.4) is 0 Å². The van der Waals surface area contributed by atoms with E-state index in [9.17, 15) is 0 Å². The summed E-state index contributed by atoms with van der Waals surface area (Å²) in [6.07, 6.45) is 10.8. The Hall–Kier alpha value is -0.850. The normalized spacial score (nSPS) is 10.4. The molecule has 0 aliphatic rings. The van der Waals surface area contributed by atoms with E-state index in [1.807, 2.05) is 0 Å². The lowest BCUT2D eigenvalue weighted by Gasteiger charge is -1.98. The summed E-state index contributed by atoms with van der Waals surface area (Å²) in [5.74, 6) is 0. The minimum atomic E-state index is 1.17. The van der Waals surface area contributed by atoms with Crippen LogP contribution in [0.4, 0.5) is 0 Å². The largest absolute Gasteiger partial charge is 0.205 e. The minimum absolute atomic E-state index is 1.17. The first-order valence-corrected chi connectivity index (χ1v) is 5.84. The Morgan fingerprint density at radius 2 is 1.71 bits per heavy atom. The van der Waals surface area contributed by atoms with Crippen molar-refractivity contribution >= 4 is 0 Å². The van der Waals surface area contributed by atoms with Crippen LogP contribution in [-0.4, -0.2) is 0 Å². The van der Waals surface area contributed by atoms with Gasteiger partial charge < -0.3 is 0 Å². The van der Waals surface area contributed by atoms with E-state index >= 15 is 0 Å². The zero-order chi connectivity index (χ0) is 10.2. The maximum atomic E-state index is 2.29. The number of hydrogen-bond donors (Lipinski definition) is 0. The van der Waals surface area contributed by atoms with Crippen molar-refractivity contribution in [2.24, 2.45) is 0 Å². The SMILES string of the molecule is CCCCC[n+]1ccc(CCC)cc1. The Balaban J connectivity index is 2.38. The van der Waals surface area contributed by atoms with Crippen LogP contribution in [-0.2, 0) is 13.0 Å². The monoisotopic (exact) mass is 192 g/mol. The van der Waals surface area contributed by atoms with Crippen molar-refractivity contribution in [3.63, 3.8) is 0 Å². The third-order valence-electron chi connectivity index (χ3n) is 2.52. The molecule has 78 valence electrons. The Morgan fingerprint density at radius 1 is 1.00 bits per heavy atom. The van der Waals surface area contributed by atoms with Crippen LogP contribution in [0.25, 0.3) is 0 Å². The quantitative estimate of drug-likeness (QED) is 0.481. The summed E-state index contributed by atoms with van der Waals surface area (Å²) in [5.41, 5.74) is 1.46. The van der Waals surface area contributed by atoms with Gasteiger partial charge in [-0.1, -0.05) is 26.7 Å². The molecule has 1 heteroatoms. The second-order valence-electron chi connectivity index (χ2n) is 3.90. The molecule has 0 amide bonds. The summed E-state index contributed by atoms with van der Waals surface area (Å²) in [6.45, 7) is 5.64. The first kappa shape index (κ1) is 11.2. The second-order valence-corrected chi connectivity index (χ2v) is 3.90. The highest BCUT2D eigenvalue weighted by Crippen LogP contribution is 1.99. The Bertz CT molecular complexity index is 238. The van der Waals surface area contributed by atoms with Crippen molar-refractivity contribution < 1.29 is 4.57 Å². The molecule has 14 heavy (non-hydrogen) atoms. The minimum Gasteiger partial charge on any atom is -0.205 e. The van der Waals surface area contributed by atoms with Gasteiger partial charge in [-0.05, 0) is 18.4 Å². The van der Waals surface area contributed by atoms with Crippen LogP contribution < -0.4 is 4.57 Å². The summed E-state index contributed by atoms with van der Waals surface area (Å²) in [6, 6.07) is 4.49. The van der Waals surface area contributed by atoms with Crippen molar-refractivity contribution in [1.82, 2.24) is 0 Å². The van der Waals surface area contributed by atoms with Gasteiger partial charge in [-0.25, -0.2) is 4.57 Å². The number of aryl methyl sites for hydroxylation is 2. The van der Waals surface area contributed by atoms with Gasteiger partial charge in [0.1, 0.15) is 6.54 Å². The van der Waals surface area contributed by atoms with E-state index in [2.05, 4.69) is 42.9 Å². The summed E-state index contributed by atoms with van der Waals surface area (Å²) in [5, 5.41) is 0. The number of aromatic nitrogens is 1. The van der Waals surface area contributed by atoms with E-state index in [1.165, 1.54) is 44.2 Å². The fourth-order valence-corrected chi connectivity index (χ4v) is 1.64. The van der Waals surface area contributed by atoms with Crippen LogP contribution >= 0.6 is 0 Å². The lowest BCUT2D eigenvalue weighted by Crippen LogP contribution is -2.32. The summed E-state index contributed by atoms with van der Waals surface area (Å²) >= 11 is 0. The van der Waals surface area contributed by atoms with E-state index in [0.717, 1.165) is 0 Å². The number of nitrogens with zero attached hydrogens (tertiary/aromatic N) is 1. The zero-order valence-corrected chi connectivity index (χ0v) is 9.50. The third kappa shape index (κ3) is 3.91. The van der Waals surface area contributed by atoms with E-state index < -0.39 is 0 Å². The molecule has 0 atom stereocenters. The highest BCUT2D eigenvalue weighted by molar-refractivity contribution is 5.06. The highest BCUT2D eigenvalue weighted by Gasteiger charge is 1.99. The van der Waals surface area contributed by atoms with Crippen molar-refractivity contribution in [2.75, 3.05) is 0 Å². The Kier molecular flexibility index (Phi) is 5.28. The van der Waals surface area contributed by atoms with E-state index in [-0.39, 0.29) is 0 Å². The molecular weight excluding hydrogens is 170 g/mol. The van der Waals surface area contributed by atoms with Gasteiger partial charge in [0.2, 0.25) is 0 Å². The fraction of sp³-hybridized carbons (Fsp3) is 0.615. The maximum Gasteiger partial charge on any atom is 0.169 e. The average Bonchev–Trinajstić information content (AvgIpc) is 2.21. The molecule has 1 heterocycles. The number of pyridine rings is 1. The van der Waals surface area contributed by atoms with Gasteiger partial charge in [-0.3, -0.25) is 0 Å². The zero-order valence-electron chi connectivity index (χ0n) is 9.50. The van der Waals surface area contributed by atoms with Gasteiger partial charge in [0, 0.05) is 18.6 Å². The van der Waals surface area contributed by atoms with Gasteiger partial charge in [-0.2, -0.15) is 0 Å². The van der Waals surface area contributed by atoms with Gasteiger partial charge in [0.15, 0.2) is 12.4 Å². The molecule has 0 unspecified atom stereocenters. The molecular formula is C13H22N+. The molecule has 0 radical (unpaired) electrons. The first-order chi connectivity index (χ1) is 6.86. The molecule has 0 aromatic carbocycles. The van der Waals surface area contributed by atoms with E-state index in [4.69, 9.17) is 0 Å². The van der Waals surface area contributed by atoms with Crippen LogP contribution in [0.5, 0.6) is 0 Å². The van der Waals surface area contributed by atoms with Crippen LogP contribution in [0, 0.1) is 0 Å². The fourth-order valence-electron chi connectivity index (χ4n) is 1.64. The van der Waals surface area contributed by atoms with Crippen LogP contribution in [0.15, 0.2) is 24.5 Å². The molecule has 1 nitrogen and oxygen atoms in total. The second kappa shape index (κ2) is 6.58. The lowest BCUT2D eigenvalue weighted by molar-refractivity contribution is -0.697. The molecule has 0 fully saturated rings. The predicted octanol–water partition coefficient (Wildman–Crippen LogP) is 3.12. The third-order valence-corrected chi connectivity index (χ3v) is 2.52. The Morgan fingerprint density at radius 3 is 2.29 bits per heavy atom. The van der Waals surface area contributed by atoms with Gasteiger partial charge in [0.25, 0.3) is 0 Å². The van der Waals surface area contributed by atoms with Gasteiger partial charge in [-0.15, -0.1) is 0 Å². The van der Waals surface area contributed by atoms with Crippen LogP contribution in [0.2, 0.25) is 0 Å². The first-order valence-electron chi connectivity index (χ1n) is 5.84. The Labute approximate surface area is 87.8 Å². The molecule has 0 N–H and O–H groups in total. The van der Waals surface area contributed by atoms with Gasteiger partial charge >= 0.3 is 0 Å². The standard InChI is InChI=1S/C13H22N/c1-3-5-6-10-14-11-8-13(7-4-2)9-12-14/h8-9,11-12H,3-7,10H2,1-2H3/q+1. The molecule has 1 aromatic rings. The average molecular weight is 192 g/mol. The molecule has 0 aliphatic carbocycles. The van der Waals surface area contributed by atoms with Crippen LogP contribution in [0.1, 0.15) is 45.1 Å². The predicted molar refractivity (Wildman–Crippen MR) is 60.2 cm³/mol. The summed E-state index contributed by atoms with van der Waals surface area (Å²) in [4.78, 5) is 0. The molecule has 0 spiro atoms. The number of rotatable bonds is 6. The molecule has 0 aliphatic heterocycles. The molecule has 1 rings (SSSR count). The van der Waals surface area contributed by atoms with Gasteiger partial charge in [0.05, 0.1) is 0 Å². The van der Waals surface area contributed by atoms with Crippen molar-refractivity contribution in [1.29, 1.82) is 0 Å². The smallest absolute Gasteiger partial charge is 0.169 e. The topological polar surface area (TPSA) is 3.88 Å². The number of hydrogen-bond acceptors (Lipinski definition) is 0. The maximum absolute atomic E-state index is 2.29. The lowest BCUT2D eigenvalue weighted by atomic mass is 10.1. The summed E-state index contributed by atoms with van der Waals surface area (Å²) in [7, 11) is 0. The number of unbranched alkanes of at least 4 members (excludes halogenated alkanes) is 2. The molecule has 1 aromatic heterocycles. The van der Waals surface area contributed by atoms with Crippen molar-refractivity contribution in [3.8, 4) is 0 Å². The molecule has 0 saturated carbocycles. The highest BCUT2D eigenvalue weighted by atomic mass is 14.9. The van der Waals surface area contributed by atoms with E-state index in [1.54, 1.807) is 0 Å². The van der Waals surface area contributed by atoms with Crippen molar-refractivity contribution in [3.05, 3.63) is 30.1 Å². The summed E-state index contributed by atoms with van der Waals surface area (Å²) < 4.78 is 2.29.